The van der Waals surface area contributed by atoms with Crippen LogP contribution in [-0.4, -0.2) is 0 Å². The molecule has 0 heterocycles. The van der Waals surface area contributed by atoms with Crippen molar-refractivity contribution in [2.75, 3.05) is 0 Å². The van der Waals surface area contributed by atoms with E-state index in [0.717, 1.165) is 0 Å². The molecule has 0 aromatic heterocycles. The molecule has 0 aliphatic heterocycles. The Morgan fingerprint density at radius 3 is 1.57 bits per heavy atom. The Labute approximate surface area is 286 Å². The standard InChI is InChI=1S/C49H34/c1-49(2)45-28-12-11-21-36(45)44-30-43(35-20-5-10-26-42(35)48(44)49)32-17-13-18-33(29-32)46-38-22-6-8-24-40(38)47(41-25-9-7-23-39(41)46)37-27-14-16-31-15-3-4-19-34(31)37/h3-30H,1-2H3. The molecule has 0 radical (unpaired) electrons. The van der Waals surface area contributed by atoms with Crippen LogP contribution >= 0.6 is 0 Å². The van der Waals surface area contributed by atoms with Gasteiger partial charge < -0.3 is 0 Å². The molecule has 0 fully saturated rings. The van der Waals surface area contributed by atoms with Gasteiger partial charge in [0.2, 0.25) is 0 Å². The van der Waals surface area contributed by atoms with E-state index in [2.05, 4.69) is 184 Å². The average molecular weight is 623 g/mol. The first-order valence-corrected chi connectivity index (χ1v) is 17.3. The highest BCUT2D eigenvalue weighted by molar-refractivity contribution is 6.23. The van der Waals surface area contributed by atoms with Crippen LogP contribution in [0.15, 0.2) is 170 Å². The average Bonchev–Trinajstić information content (AvgIpc) is 3.39. The predicted octanol–water partition coefficient (Wildman–Crippen LogP) is 13.6. The van der Waals surface area contributed by atoms with Gasteiger partial charge >= 0.3 is 0 Å². The van der Waals surface area contributed by atoms with Crippen molar-refractivity contribution in [1.82, 2.24) is 0 Å². The predicted molar refractivity (Wildman–Crippen MR) is 210 cm³/mol. The summed E-state index contributed by atoms with van der Waals surface area (Å²) in [5.74, 6) is 0. The summed E-state index contributed by atoms with van der Waals surface area (Å²) in [6.07, 6.45) is 0. The summed E-state index contributed by atoms with van der Waals surface area (Å²) in [7, 11) is 0. The van der Waals surface area contributed by atoms with Crippen molar-refractivity contribution in [3.8, 4) is 44.5 Å². The highest BCUT2D eigenvalue weighted by Crippen LogP contribution is 2.53. The third-order valence-corrected chi connectivity index (χ3v) is 11.0. The lowest BCUT2D eigenvalue weighted by atomic mass is 9.79. The van der Waals surface area contributed by atoms with E-state index in [1.165, 1.54) is 98.7 Å². The molecule has 0 spiro atoms. The highest BCUT2D eigenvalue weighted by Gasteiger charge is 2.37. The number of rotatable bonds is 3. The van der Waals surface area contributed by atoms with Crippen LogP contribution in [0.3, 0.4) is 0 Å². The van der Waals surface area contributed by atoms with E-state index in [0.29, 0.717) is 0 Å². The maximum Gasteiger partial charge on any atom is 0.0165 e. The van der Waals surface area contributed by atoms with Gasteiger partial charge in [0.15, 0.2) is 0 Å². The smallest absolute Gasteiger partial charge is 0.0165 e. The van der Waals surface area contributed by atoms with Crippen LogP contribution < -0.4 is 0 Å². The van der Waals surface area contributed by atoms with Crippen molar-refractivity contribution in [3.05, 3.63) is 181 Å². The van der Waals surface area contributed by atoms with Crippen LogP contribution in [0, 0.1) is 0 Å². The third-order valence-electron chi connectivity index (χ3n) is 11.0. The Morgan fingerprint density at radius 2 is 0.837 bits per heavy atom. The van der Waals surface area contributed by atoms with E-state index in [1.807, 2.05) is 0 Å². The van der Waals surface area contributed by atoms with E-state index in [1.54, 1.807) is 0 Å². The molecule has 0 saturated carbocycles. The molecule has 0 bridgehead atoms. The monoisotopic (exact) mass is 622 g/mol. The van der Waals surface area contributed by atoms with Gasteiger partial charge in [0.25, 0.3) is 0 Å². The van der Waals surface area contributed by atoms with Crippen LogP contribution in [0.4, 0.5) is 0 Å². The van der Waals surface area contributed by atoms with Crippen molar-refractivity contribution in [1.29, 1.82) is 0 Å². The lowest BCUT2D eigenvalue weighted by molar-refractivity contribution is 0.666. The van der Waals surface area contributed by atoms with E-state index in [-0.39, 0.29) is 5.41 Å². The van der Waals surface area contributed by atoms with Crippen molar-refractivity contribution < 1.29 is 0 Å². The Hall–Kier alpha value is -5.98. The van der Waals surface area contributed by atoms with Crippen molar-refractivity contribution >= 4 is 43.1 Å². The molecule has 1 aliphatic carbocycles. The number of fused-ring (bicyclic) bond motifs is 8. The van der Waals surface area contributed by atoms with Crippen LogP contribution in [0.1, 0.15) is 25.0 Å². The van der Waals surface area contributed by atoms with Gasteiger partial charge in [0, 0.05) is 5.41 Å². The minimum atomic E-state index is -0.0600. The van der Waals surface area contributed by atoms with E-state index < -0.39 is 0 Å². The lowest BCUT2D eigenvalue weighted by Gasteiger charge is -2.24. The Morgan fingerprint density at radius 1 is 0.327 bits per heavy atom. The summed E-state index contributed by atoms with van der Waals surface area (Å²) in [6.45, 7) is 4.76. The largest absolute Gasteiger partial charge is 0.0619 e. The number of hydrogen-bond acceptors (Lipinski definition) is 0. The normalized spacial score (nSPS) is 13.3. The summed E-state index contributed by atoms with van der Waals surface area (Å²) < 4.78 is 0. The fourth-order valence-corrected chi connectivity index (χ4v) is 8.91. The molecule has 0 nitrogen and oxygen atoms in total. The molecule has 0 saturated heterocycles. The Kier molecular flexibility index (Phi) is 6.02. The minimum absolute atomic E-state index is 0.0600. The fourth-order valence-electron chi connectivity index (χ4n) is 8.91. The maximum absolute atomic E-state index is 2.46. The summed E-state index contributed by atoms with van der Waals surface area (Å²) in [6, 6.07) is 63.1. The third kappa shape index (κ3) is 4.04. The summed E-state index contributed by atoms with van der Waals surface area (Å²) in [4.78, 5) is 0. The van der Waals surface area contributed by atoms with Gasteiger partial charge in [-0.1, -0.05) is 172 Å². The molecule has 1 aliphatic rings. The SMILES string of the molecule is CC1(C)c2ccccc2-c2cc(-c3cccc(-c4c5ccccc5c(-c5cccc6ccccc56)c5ccccc45)c3)c3ccccc3c21. The second-order valence-corrected chi connectivity index (χ2v) is 14.0. The van der Waals surface area contributed by atoms with E-state index in [4.69, 9.17) is 0 Å². The quantitative estimate of drug-likeness (QED) is 0.172. The van der Waals surface area contributed by atoms with Crippen molar-refractivity contribution in [2.24, 2.45) is 0 Å². The lowest BCUT2D eigenvalue weighted by Crippen LogP contribution is -2.15. The number of benzene rings is 9. The van der Waals surface area contributed by atoms with Crippen LogP contribution in [0.25, 0.3) is 87.6 Å². The Bertz CT molecular complexity index is 2730. The van der Waals surface area contributed by atoms with Crippen molar-refractivity contribution in [3.63, 3.8) is 0 Å². The van der Waals surface area contributed by atoms with Crippen LogP contribution in [0.5, 0.6) is 0 Å². The first-order valence-electron chi connectivity index (χ1n) is 17.3. The van der Waals surface area contributed by atoms with Gasteiger partial charge in [0.1, 0.15) is 0 Å². The summed E-state index contributed by atoms with van der Waals surface area (Å²) >= 11 is 0. The minimum Gasteiger partial charge on any atom is -0.0619 e. The van der Waals surface area contributed by atoms with Gasteiger partial charge in [-0.25, -0.2) is 0 Å². The summed E-state index contributed by atoms with van der Waals surface area (Å²) in [5.41, 5.74) is 13.1. The second-order valence-electron chi connectivity index (χ2n) is 14.0. The molecule has 0 heteroatoms. The fraction of sp³-hybridized carbons (Fsp3) is 0.0612. The van der Waals surface area contributed by atoms with Gasteiger partial charge in [-0.15, -0.1) is 0 Å². The Balaban J connectivity index is 1.25. The molecule has 230 valence electrons. The zero-order valence-corrected chi connectivity index (χ0v) is 27.7. The molecular formula is C49H34. The van der Waals surface area contributed by atoms with Gasteiger partial charge in [-0.3, -0.25) is 0 Å². The van der Waals surface area contributed by atoms with E-state index in [9.17, 15) is 0 Å². The first-order chi connectivity index (χ1) is 24.1. The number of hydrogen-bond donors (Lipinski definition) is 0. The van der Waals surface area contributed by atoms with Crippen LogP contribution in [-0.2, 0) is 5.41 Å². The molecule has 0 atom stereocenters. The molecular weight excluding hydrogens is 589 g/mol. The molecule has 0 amide bonds. The van der Waals surface area contributed by atoms with Gasteiger partial charge in [0.05, 0.1) is 0 Å². The molecule has 9 aromatic carbocycles. The maximum atomic E-state index is 2.46. The molecule has 0 unspecified atom stereocenters. The topological polar surface area (TPSA) is 0 Å². The van der Waals surface area contributed by atoms with Gasteiger partial charge in [-0.05, 0) is 111 Å². The van der Waals surface area contributed by atoms with Crippen LogP contribution in [0.2, 0.25) is 0 Å². The highest BCUT2D eigenvalue weighted by atomic mass is 14.4. The first kappa shape index (κ1) is 28.1. The molecule has 10 rings (SSSR count). The molecule has 9 aromatic rings. The van der Waals surface area contributed by atoms with Crippen molar-refractivity contribution in [2.45, 2.75) is 19.3 Å². The van der Waals surface area contributed by atoms with E-state index >= 15 is 0 Å². The molecule has 49 heavy (non-hydrogen) atoms. The zero-order chi connectivity index (χ0) is 32.7. The van der Waals surface area contributed by atoms with Gasteiger partial charge in [-0.2, -0.15) is 0 Å². The second kappa shape index (κ2) is 10.5. The zero-order valence-electron chi connectivity index (χ0n) is 27.7. The summed E-state index contributed by atoms with van der Waals surface area (Å²) in [5, 5.41) is 10.3. The molecule has 0 N–H and O–H groups in total.